The van der Waals surface area contributed by atoms with Crippen molar-refractivity contribution < 1.29 is 26.9 Å². The van der Waals surface area contributed by atoms with Crippen molar-refractivity contribution in [1.82, 2.24) is 34.3 Å². The van der Waals surface area contributed by atoms with E-state index in [1.54, 1.807) is 47.1 Å². The maximum absolute atomic E-state index is 14.7. The molecule has 0 spiro atoms. The van der Waals surface area contributed by atoms with E-state index in [9.17, 15) is 22.4 Å². The fourth-order valence-corrected chi connectivity index (χ4v) is 4.84. The molecule has 1 atom stereocenters. The van der Waals surface area contributed by atoms with E-state index in [1.807, 2.05) is 11.9 Å². The smallest absolute Gasteiger partial charge is 0.342 e. The van der Waals surface area contributed by atoms with Gasteiger partial charge in [0.25, 0.3) is 5.91 Å². The Balaban J connectivity index is 1.29. The molecule has 1 aliphatic rings. The first-order valence-electron chi connectivity index (χ1n) is 12.8. The molecule has 1 amide bonds. The van der Waals surface area contributed by atoms with Crippen LogP contribution in [0.4, 0.5) is 23.2 Å². The first-order chi connectivity index (χ1) is 19.6. The summed E-state index contributed by atoms with van der Waals surface area (Å²) in [5.41, 5.74) is 1.77. The second kappa shape index (κ2) is 10.4. The van der Waals surface area contributed by atoms with Crippen LogP contribution in [0.5, 0.6) is 0 Å². The highest BCUT2D eigenvalue weighted by molar-refractivity contribution is 5.99. The molecule has 1 saturated heterocycles. The number of nitrogens with zero attached hydrogens (tertiary/aromatic N) is 7. The summed E-state index contributed by atoms with van der Waals surface area (Å²) >= 11 is 0. The number of benzene rings is 1. The lowest BCUT2D eigenvalue weighted by Crippen LogP contribution is -2.39. The minimum absolute atomic E-state index is 0.00649. The van der Waals surface area contributed by atoms with Gasteiger partial charge >= 0.3 is 6.18 Å². The molecule has 41 heavy (non-hydrogen) atoms. The summed E-state index contributed by atoms with van der Waals surface area (Å²) in [5.74, 6) is -0.583. The van der Waals surface area contributed by atoms with Gasteiger partial charge in [0.2, 0.25) is 11.7 Å². The summed E-state index contributed by atoms with van der Waals surface area (Å²) in [4.78, 5) is 27.4. The third kappa shape index (κ3) is 5.55. The molecule has 5 heterocycles. The van der Waals surface area contributed by atoms with Gasteiger partial charge in [-0.05, 0) is 37.4 Å². The summed E-state index contributed by atoms with van der Waals surface area (Å²) in [5, 5.41) is 6.90. The molecular formula is C27H24F4N8O2. The molecule has 1 N–H and O–H groups in total. The Morgan fingerprint density at radius 1 is 1.20 bits per heavy atom. The quantitative estimate of drug-likeness (QED) is 0.301. The van der Waals surface area contributed by atoms with E-state index in [1.165, 1.54) is 12.1 Å². The van der Waals surface area contributed by atoms with Crippen LogP contribution in [0.15, 0.2) is 64.4 Å². The number of nitrogens with one attached hydrogen (secondary N) is 1. The summed E-state index contributed by atoms with van der Waals surface area (Å²) < 4.78 is 63.5. The van der Waals surface area contributed by atoms with Gasteiger partial charge in [0, 0.05) is 37.3 Å². The summed E-state index contributed by atoms with van der Waals surface area (Å²) in [6, 6.07) is 11.6. The van der Waals surface area contributed by atoms with E-state index in [-0.39, 0.29) is 41.7 Å². The molecule has 0 unspecified atom stereocenters. The number of carbonyl (C=O) groups is 1. The lowest BCUT2D eigenvalue weighted by atomic mass is 10.1. The van der Waals surface area contributed by atoms with Gasteiger partial charge in [-0.15, -0.1) is 0 Å². The average Bonchev–Trinajstić information content (AvgIpc) is 3.66. The molecule has 4 aromatic heterocycles. The van der Waals surface area contributed by atoms with Crippen molar-refractivity contribution in [2.24, 2.45) is 4.99 Å². The molecule has 1 fully saturated rings. The topological polar surface area (TPSA) is 106 Å². The summed E-state index contributed by atoms with van der Waals surface area (Å²) in [7, 11) is 1.82. The Bertz CT molecular complexity index is 1740. The number of aliphatic imine (C=N–C) groups is 1. The number of fused-ring (bicyclic) bond motifs is 2. The SMILES string of the molecule is CN1CC/C(=N\c2cccc3c2cc(-c2noc(CNC(=O)c4cn5ccccc5n4)n2)n3CC(F)(F)F)[C@@H](F)C1. The van der Waals surface area contributed by atoms with Crippen LogP contribution in [0.2, 0.25) is 0 Å². The first-order valence-corrected chi connectivity index (χ1v) is 12.8. The highest BCUT2D eigenvalue weighted by Crippen LogP contribution is 2.35. The lowest BCUT2D eigenvalue weighted by molar-refractivity contribution is -0.139. The van der Waals surface area contributed by atoms with E-state index >= 15 is 0 Å². The number of carbonyl (C=O) groups excluding carboxylic acids is 1. The van der Waals surface area contributed by atoms with Crippen LogP contribution in [0.3, 0.4) is 0 Å². The number of imidazole rings is 1. The van der Waals surface area contributed by atoms with E-state index < -0.39 is 24.8 Å². The zero-order chi connectivity index (χ0) is 28.7. The zero-order valence-corrected chi connectivity index (χ0v) is 21.8. The van der Waals surface area contributed by atoms with Crippen LogP contribution in [-0.2, 0) is 13.1 Å². The van der Waals surface area contributed by atoms with Crippen molar-refractivity contribution in [1.29, 1.82) is 0 Å². The number of halogens is 4. The summed E-state index contributed by atoms with van der Waals surface area (Å²) in [6.45, 7) is -0.634. The molecule has 0 radical (unpaired) electrons. The maximum Gasteiger partial charge on any atom is 0.406 e. The minimum Gasteiger partial charge on any atom is -0.342 e. The van der Waals surface area contributed by atoms with Crippen molar-refractivity contribution in [3.8, 4) is 11.5 Å². The number of hydrogen-bond donors (Lipinski definition) is 1. The number of pyridine rings is 1. The minimum atomic E-state index is -4.55. The van der Waals surface area contributed by atoms with Crippen molar-refractivity contribution >= 4 is 33.9 Å². The van der Waals surface area contributed by atoms with Gasteiger partial charge in [0.05, 0.1) is 29.2 Å². The molecule has 10 nitrogen and oxygen atoms in total. The van der Waals surface area contributed by atoms with Crippen LogP contribution in [0, 0.1) is 0 Å². The van der Waals surface area contributed by atoms with Gasteiger partial charge < -0.3 is 23.7 Å². The Morgan fingerprint density at radius 2 is 2.05 bits per heavy atom. The standard InChI is InChI=1S/C27H24F4N8O2/c1-37-10-8-19(17(28)13-37)33-18-5-4-6-21-16(18)11-22(39(21)15-27(29,30)31)25-35-24(41-36-25)12-32-26(40)20-14-38-9-3-2-7-23(38)34-20/h2-7,9,11,14,17H,8,10,12-13,15H2,1H3,(H,32,40)/b33-19+/t17-/m0/s1. The zero-order valence-electron chi connectivity index (χ0n) is 21.8. The molecule has 0 aliphatic carbocycles. The van der Waals surface area contributed by atoms with Crippen molar-refractivity contribution in [3.63, 3.8) is 0 Å². The molecule has 0 bridgehead atoms. The molecule has 14 heteroatoms. The predicted octanol–water partition coefficient (Wildman–Crippen LogP) is 4.58. The number of hydrogen-bond acceptors (Lipinski definition) is 7. The maximum atomic E-state index is 14.7. The van der Waals surface area contributed by atoms with Crippen LogP contribution in [0.1, 0.15) is 22.8 Å². The molecule has 0 saturated carbocycles. The van der Waals surface area contributed by atoms with Crippen LogP contribution < -0.4 is 5.32 Å². The number of alkyl halides is 4. The monoisotopic (exact) mass is 568 g/mol. The van der Waals surface area contributed by atoms with Gasteiger partial charge in [-0.2, -0.15) is 18.2 Å². The van der Waals surface area contributed by atoms with Gasteiger partial charge in [-0.1, -0.05) is 17.3 Å². The lowest BCUT2D eigenvalue weighted by Gasteiger charge is -2.26. The number of likely N-dealkylation sites (tertiary alicyclic amines) is 1. The number of rotatable bonds is 6. The number of piperidine rings is 1. The third-order valence-electron chi connectivity index (χ3n) is 6.80. The van der Waals surface area contributed by atoms with E-state index in [0.29, 0.717) is 35.4 Å². The third-order valence-corrected chi connectivity index (χ3v) is 6.80. The predicted molar refractivity (Wildman–Crippen MR) is 142 cm³/mol. The Kier molecular flexibility index (Phi) is 6.77. The van der Waals surface area contributed by atoms with E-state index in [4.69, 9.17) is 4.52 Å². The molecule has 6 rings (SSSR count). The van der Waals surface area contributed by atoms with E-state index in [0.717, 1.165) is 4.57 Å². The van der Waals surface area contributed by atoms with Crippen LogP contribution >= 0.6 is 0 Å². The fraction of sp³-hybridized carbons (Fsp3) is 0.296. The molecule has 1 aliphatic heterocycles. The molecule has 1 aromatic carbocycles. The first kappa shape index (κ1) is 26.6. The fourth-order valence-electron chi connectivity index (χ4n) is 4.84. The number of aromatic nitrogens is 5. The van der Waals surface area contributed by atoms with Crippen molar-refractivity contribution in [2.75, 3.05) is 20.1 Å². The second-order valence-corrected chi connectivity index (χ2v) is 9.81. The highest BCUT2D eigenvalue weighted by Gasteiger charge is 2.31. The number of amides is 1. The Labute approximate surface area is 230 Å². The molecule has 212 valence electrons. The van der Waals surface area contributed by atoms with Gasteiger partial charge in [-0.25, -0.2) is 9.37 Å². The van der Waals surface area contributed by atoms with Gasteiger partial charge in [0.15, 0.2) is 6.17 Å². The van der Waals surface area contributed by atoms with Gasteiger partial charge in [0.1, 0.15) is 17.9 Å². The van der Waals surface area contributed by atoms with Gasteiger partial charge in [-0.3, -0.25) is 9.79 Å². The van der Waals surface area contributed by atoms with Crippen LogP contribution in [0.25, 0.3) is 28.1 Å². The molecular weight excluding hydrogens is 544 g/mol. The summed E-state index contributed by atoms with van der Waals surface area (Å²) in [6.07, 6.45) is -2.08. The van der Waals surface area contributed by atoms with Crippen molar-refractivity contribution in [3.05, 3.63) is 66.4 Å². The van der Waals surface area contributed by atoms with Crippen LogP contribution in [-0.4, -0.2) is 73.1 Å². The highest BCUT2D eigenvalue weighted by atomic mass is 19.4. The largest absolute Gasteiger partial charge is 0.406 e. The normalized spacial score (nSPS) is 17.6. The Hall–Kier alpha value is -4.59. The van der Waals surface area contributed by atoms with Crippen molar-refractivity contribution in [2.45, 2.75) is 31.9 Å². The van der Waals surface area contributed by atoms with E-state index in [2.05, 4.69) is 25.4 Å². The average molecular weight is 569 g/mol. The molecule has 5 aromatic rings. The Morgan fingerprint density at radius 3 is 2.83 bits per heavy atom. The second-order valence-electron chi connectivity index (χ2n) is 9.81.